The summed E-state index contributed by atoms with van der Waals surface area (Å²) in [4.78, 5) is 41.8. The molecule has 2 atom stereocenters. The van der Waals surface area contributed by atoms with Gasteiger partial charge in [0.2, 0.25) is 11.8 Å². The lowest BCUT2D eigenvalue weighted by Crippen LogP contribution is -2.43. The molecule has 8 nitrogen and oxygen atoms in total. The molecular formula is C22H29N5O3. The van der Waals surface area contributed by atoms with Crippen molar-refractivity contribution in [2.75, 3.05) is 24.5 Å². The zero-order chi connectivity index (χ0) is 21.4. The summed E-state index contributed by atoms with van der Waals surface area (Å²) in [5.74, 6) is 0.476. The second-order valence-electron chi connectivity index (χ2n) is 8.59. The van der Waals surface area contributed by atoms with Crippen molar-refractivity contribution in [1.29, 1.82) is 0 Å². The molecule has 0 radical (unpaired) electrons. The van der Waals surface area contributed by atoms with Crippen molar-refractivity contribution in [3.63, 3.8) is 0 Å². The number of anilines is 1. The van der Waals surface area contributed by atoms with E-state index in [1.54, 1.807) is 16.5 Å². The number of likely N-dealkylation sites (tertiary alicyclic amines) is 1. The van der Waals surface area contributed by atoms with E-state index in [0.29, 0.717) is 19.6 Å². The predicted octanol–water partition coefficient (Wildman–Crippen LogP) is 1.92. The molecule has 8 heteroatoms. The van der Waals surface area contributed by atoms with Crippen LogP contribution in [0.1, 0.15) is 50.9 Å². The highest BCUT2D eigenvalue weighted by molar-refractivity contribution is 6.00. The molecule has 1 aromatic carbocycles. The number of rotatable bonds is 4. The monoisotopic (exact) mass is 411 g/mol. The fraction of sp³-hybridized carbons (Fsp3) is 0.545. The Bertz CT molecular complexity index is 994. The van der Waals surface area contributed by atoms with E-state index in [9.17, 15) is 14.4 Å². The molecule has 3 heterocycles. The molecule has 160 valence electrons. The van der Waals surface area contributed by atoms with Gasteiger partial charge in [0, 0.05) is 50.7 Å². The molecule has 2 aliphatic heterocycles. The van der Waals surface area contributed by atoms with Crippen LogP contribution in [0.4, 0.5) is 5.69 Å². The molecule has 2 saturated heterocycles. The molecule has 2 amide bonds. The molecule has 0 aliphatic carbocycles. The van der Waals surface area contributed by atoms with Gasteiger partial charge in [0.05, 0.1) is 5.92 Å². The van der Waals surface area contributed by atoms with Crippen molar-refractivity contribution in [2.24, 2.45) is 13.0 Å². The lowest BCUT2D eigenvalue weighted by atomic mass is 9.95. The van der Waals surface area contributed by atoms with Crippen LogP contribution in [0.25, 0.3) is 0 Å². The molecule has 1 aromatic heterocycles. The third kappa shape index (κ3) is 3.66. The number of aryl methyl sites for hydroxylation is 1. The maximum absolute atomic E-state index is 13.2. The Morgan fingerprint density at radius 1 is 1.13 bits per heavy atom. The molecule has 30 heavy (non-hydrogen) atoms. The Morgan fingerprint density at radius 3 is 2.57 bits per heavy atom. The number of para-hydroxylation sites is 1. The normalized spacial score (nSPS) is 22.2. The number of hydrogen-bond acceptors (Lipinski definition) is 4. The molecule has 4 rings (SSSR count). The van der Waals surface area contributed by atoms with Crippen molar-refractivity contribution in [3.05, 3.63) is 46.6 Å². The van der Waals surface area contributed by atoms with Gasteiger partial charge < -0.3 is 9.80 Å². The number of nitrogens with zero attached hydrogens (tertiary/aromatic N) is 5. The number of amides is 2. The van der Waals surface area contributed by atoms with E-state index in [1.165, 1.54) is 4.68 Å². The van der Waals surface area contributed by atoms with Gasteiger partial charge in [-0.15, -0.1) is 0 Å². The van der Waals surface area contributed by atoms with Crippen molar-refractivity contribution in [3.8, 4) is 0 Å². The van der Waals surface area contributed by atoms with Crippen molar-refractivity contribution >= 4 is 17.5 Å². The average Bonchev–Trinajstić information content (AvgIpc) is 3.28. The Balaban J connectivity index is 1.49. The molecule has 2 fully saturated rings. The van der Waals surface area contributed by atoms with Gasteiger partial charge in [0.25, 0.3) is 0 Å². The quantitative estimate of drug-likeness (QED) is 0.770. The molecule has 2 aliphatic rings. The SMILES string of the molecule is CC(C)n1c(C2CCCN(C(=O)C3CC(=O)N(c4ccccc4)C3)C2)nn(C)c1=O. The van der Waals surface area contributed by atoms with Gasteiger partial charge >= 0.3 is 5.69 Å². The average molecular weight is 412 g/mol. The summed E-state index contributed by atoms with van der Waals surface area (Å²) in [5.41, 5.74) is 0.715. The van der Waals surface area contributed by atoms with E-state index in [2.05, 4.69) is 5.10 Å². The summed E-state index contributed by atoms with van der Waals surface area (Å²) in [6, 6.07) is 9.51. The van der Waals surface area contributed by atoms with Crippen LogP contribution in [0.2, 0.25) is 0 Å². The Hall–Kier alpha value is -2.90. The van der Waals surface area contributed by atoms with Crippen LogP contribution in [0.15, 0.2) is 35.1 Å². The first-order chi connectivity index (χ1) is 14.4. The highest BCUT2D eigenvalue weighted by atomic mass is 16.2. The van der Waals surface area contributed by atoms with E-state index in [-0.39, 0.29) is 41.8 Å². The molecule has 0 bridgehead atoms. The van der Waals surface area contributed by atoms with Crippen LogP contribution >= 0.6 is 0 Å². The zero-order valence-corrected chi connectivity index (χ0v) is 17.8. The minimum atomic E-state index is -0.326. The van der Waals surface area contributed by atoms with Gasteiger partial charge in [-0.3, -0.25) is 14.2 Å². The summed E-state index contributed by atoms with van der Waals surface area (Å²) in [5, 5.41) is 4.48. The van der Waals surface area contributed by atoms with Crippen LogP contribution in [0.3, 0.4) is 0 Å². The summed E-state index contributed by atoms with van der Waals surface area (Å²) in [7, 11) is 1.67. The summed E-state index contributed by atoms with van der Waals surface area (Å²) in [6.07, 6.45) is 2.00. The summed E-state index contributed by atoms with van der Waals surface area (Å²) in [6.45, 7) is 5.59. The summed E-state index contributed by atoms with van der Waals surface area (Å²) >= 11 is 0. The van der Waals surface area contributed by atoms with Gasteiger partial charge in [0.15, 0.2) is 0 Å². The highest BCUT2D eigenvalue weighted by Crippen LogP contribution is 2.30. The van der Waals surface area contributed by atoms with Gasteiger partial charge in [-0.2, -0.15) is 5.10 Å². The second-order valence-corrected chi connectivity index (χ2v) is 8.59. The minimum absolute atomic E-state index is 0.00789. The fourth-order valence-corrected chi connectivity index (χ4v) is 4.64. The largest absolute Gasteiger partial charge is 0.345 e. The lowest BCUT2D eigenvalue weighted by molar-refractivity contribution is -0.137. The van der Waals surface area contributed by atoms with Gasteiger partial charge in [-0.1, -0.05) is 18.2 Å². The third-order valence-electron chi connectivity index (χ3n) is 6.14. The van der Waals surface area contributed by atoms with Crippen LogP contribution in [0.5, 0.6) is 0 Å². The summed E-state index contributed by atoms with van der Waals surface area (Å²) < 4.78 is 3.11. The second kappa shape index (κ2) is 8.08. The number of piperidine rings is 1. The van der Waals surface area contributed by atoms with Crippen molar-refractivity contribution in [2.45, 2.75) is 45.1 Å². The lowest BCUT2D eigenvalue weighted by Gasteiger charge is -2.34. The number of benzene rings is 1. The van der Waals surface area contributed by atoms with E-state index in [1.807, 2.05) is 49.1 Å². The Morgan fingerprint density at radius 2 is 1.87 bits per heavy atom. The van der Waals surface area contributed by atoms with E-state index in [0.717, 1.165) is 24.4 Å². The molecule has 2 aromatic rings. The first-order valence-corrected chi connectivity index (χ1v) is 10.7. The van der Waals surface area contributed by atoms with E-state index in [4.69, 9.17) is 0 Å². The zero-order valence-electron chi connectivity index (χ0n) is 17.8. The van der Waals surface area contributed by atoms with Gasteiger partial charge in [-0.25, -0.2) is 9.48 Å². The van der Waals surface area contributed by atoms with Gasteiger partial charge in [-0.05, 0) is 38.8 Å². The minimum Gasteiger partial charge on any atom is -0.342 e. The standard InChI is InChI=1S/C22H29N5O3/c1-15(2)27-20(23-24(3)22(27)30)16-8-7-11-25(13-16)21(29)17-12-19(28)26(14-17)18-9-5-4-6-10-18/h4-6,9-10,15-17H,7-8,11-14H2,1-3H3. The predicted molar refractivity (Wildman–Crippen MR) is 113 cm³/mol. The van der Waals surface area contributed by atoms with Crippen molar-refractivity contribution < 1.29 is 9.59 Å². The first kappa shape index (κ1) is 20.4. The van der Waals surface area contributed by atoms with Crippen LogP contribution in [0, 0.1) is 5.92 Å². The number of carbonyl (C=O) groups is 2. The Kier molecular flexibility index (Phi) is 5.49. The Labute approximate surface area is 176 Å². The first-order valence-electron chi connectivity index (χ1n) is 10.7. The maximum Gasteiger partial charge on any atom is 0.345 e. The van der Waals surface area contributed by atoms with E-state index < -0.39 is 0 Å². The number of hydrogen-bond donors (Lipinski definition) is 0. The number of aromatic nitrogens is 3. The van der Waals surface area contributed by atoms with Gasteiger partial charge in [0.1, 0.15) is 5.82 Å². The molecular weight excluding hydrogens is 382 g/mol. The topological polar surface area (TPSA) is 80.4 Å². The number of carbonyl (C=O) groups excluding carboxylic acids is 2. The molecule has 0 N–H and O–H groups in total. The molecule has 2 unspecified atom stereocenters. The maximum atomic E-state index is 13.2. The van der Waals surface area contributed by atoms with E-state index >= 15 is 0 Å². The highest BCUT2D eigenvalue weighted by Gasteiger charge is 2.39. The van der Waals surface area contributed by atoms with Crippen LogP contribution < -0.4 is 10.6 Å². The third-order valence-corrected chi connectivity index (χ3v) is 6.14. The smallest absolute Gasteiger partial charge is 0.342 e. The fourth-order valence-electron chi connectivity index (χ4n) is 4.64. The van der Waals surface area contributed by atoms with Crippen molar-refractivity contribution in [1.82, 2.24) is 19.2 Å². The van der Waals surface area contributed by atoms with Crippen LogP contribution in [-0.2, 0) is 16.6 Å². The molecule has 0 saturated carbocycles. The molecule has 0 spiro atoms. The van der Waals surface area contributed by atoms with Crippen LogP contribution in [-0.4, -0.2) is 50.7 Å².